The van der Waals surface area contributed by atoms with Crippen molar-refractivity contribution in [3.8, 4) is 0 Å². The minimum absolute atomic E-state index is 0. The third-order valence-electron chi connectivity index (χ3n) is 1.29. The maximum atomic E-state index is 10.3. The molecule has 35 heavy (non-hydrogen) atoms. The van der Waals surface area contributed by atoms with Crippen LogP contribution in [0.2, 0.25) is 0 Å². The van der Waals surface area contributed by atoms with Crippen LogP contribution < -0.4 is 55.1 Å². The third-order valence-corrected chi connectivity index (χ3v) is 1.29. The normalized spacial score (nSPS) is 7.46. The Morgan fingerprint density at radius 1 is 0.486 bits per heavy atom. The van der Waals surface area contributed by atoms with Crippen LogP contribution in [0.3, 0.4) is 0 Å². The summed E-state index contributed by atoms with van der Waals surface area (Å²) in [6.45, 7) is 0. The second kappa shape index (κ2) is 31.9. The summed E-state index contributed by atoms with van der Waals surface area (Å²) in [5.41, 5.74) is -2.74. The zero-order valence-electron chi connectivity index (χ0n) is 16.7. The summed E-state index contributed by atoms with van der Waals surface area (Å²) in [7, 11) is 0. The van der Waals surface area contributed by atoms with Gasteiger partial charge in [0, 0.05) is 0 Å². The van der Waals surface area contributed by atoms with Crippen molar-refractivity contribution in [1.82, 2.24) is 0 Å². The van der Waals surface area contributed by atoms with Gasteiger partial charge in [-0.25, -0.2) is 4.79 Å². The van der Waals surface area contributed by atoms with E-state index in [1.807, 2.05) is 0 Å². The zero-order valence-corrected chi connectivity index (χ0v) is 18.7. The van der Waals surface area contributed by atoms with E-state index in [1.165, 1.54) is 0 Å². The molecular weight excluding hydrogens is 519 g/mol. The second-order valence-corrected chi connectivity index (χ2v) is 3.81. The molecule has 194 valence electrons. The Bertz CT molecular complexity index is 549. The van der Waals surface area contributed by atoms with E-state index in [0.29, 0.717) is 0 Å². The number of aliphatic carboxylic acids is 3. The molecule has 0 aliphatic carbocycles. The van der Waals surface area contributed by atoms with Crippen LogP contribution in [0.4, 0.5) is 24.0 Å². The van der Waals surface area contributed by atoms with Crippen molar-refractivity contribution in [2.24, 2.45) is 0 Å². The standard InChI is InChI=1S/C6H8O7.5CH2O3.C.Na/c7-3(8)1-6(13,5(11)12)2-4(9)10;5*2-1(3)4;;/h13H,1-2H2,(H,7,8)(H,9,10)(H,11,12);5*(H2,2,3,4);;/q;;;;;;+4;+1/p-5. The fraction of sp³-hybridized carbons (Fsp3) is 0.250. The molecular formula is C12H13NaO22. The van der Waals surface area contributed by atoms with Gasteiger partial charge in [-0.15, -0.1) is 0 Å². The van der Waals surface area contributed by atoms with E-state index in [9.17, 15) is 14.4 Å². The molecule has 0 aromatic rings. The van der Waals surface area contributed by atoms with Crippen LogP contribution in [-0.4, -0.2) is 100 Å². The second-order valence-electron chi connectivity index (χ2n) is 3.81. The molecule has 0 radical (unpaired) electrons. The average molecular weight is 532 g/mol. The summed E-state index contributed by atoms with van der Waals surface area (Å²) in [6.07, 6.45) is -12.7. The van der Waals surface area contributed by atoms with Crippen molar-refractivity contribution < 1.29 is 139 Å². The Labute approximate surface area is 214 Å². The monoisotopic (exact) mass is 532 g/mol. The first-order valence-electron chi connectivity index (χ1n) is 6.33. The molecule has 0 saturated heterocycles. The molecule has 0 spiro atoms. The fourth-order valence-corrected chi connectivity index (χ4v) is 0.714. The predicted molar refractivity (Wildman–Crippen MR) is 80.5 cm³/mol. The van der Waals surface area contributed by atoms with E-state index in [1.54, 1.807) is 0 Å². The Hall–Kier alpha value is -4.28. The molecule has 0 unspecified atom stereocenters. The number of hydrogen-bond acceptors (Lipinski definition) is 14. The molecule has 0 aromatic heterocycles. The van der Waals surface area contributed by atoms with E-state index in [-0.39, 0.29) is 37.0 Å². The molecule has 0 amide bonds. The summed E-state index contributed by atoms with van der Waals surface area (Å²) in [5, 5.41) is 110. The molecule has 0 heterocycles. The maximum absolute atomic E-state index is 10.3. The van der Waals surface area contributed by atoms with Gasteiger partial charge in [-0.1, -0.05) is 0 Å². The molecule has 0 saturated carbocycles. The molecule has 0 aliphatic heterocycles. The first-order valence-corrected chi connectivity index (χ1v) is 6.33. The maximum Gasteiger partial charge on any atom is 4.00 e. The van der Waals surface area contributed by atoms with Gasteiger partial charge in [0.05, 0.1) is 12.8 Å². The third kappa shape index (κ3) is 166. The van der Waals surface area contributed by atoms with E-state index in [0.717, 1.165) is 0 Å². The molecule has 9 N–H and O–H groups in total. The zero-order chi connectivity index (χ0) is 28.5. The summed E-state index contributed by atoms with van der Waals surface area (Å²) in [4.78, 5) is 72.7. The van der Waals surface area contributed by atoms with Gasteiger partial charge in [0.2, 0.25) is 30.8 Å². The predicted octanol–water partition coefficient (Wildman–Crippen LogP) is -9.72. The first-order chi connectivity index (χ1) is 14.4. The van der Waals surface area contributed by atoms with Crippen LogP contribution in [0.25, 0.3) is 0 Å². The van der Waals surface area contributed by atoms with Gasteiger partial charge in [-0.3, -0.25) is 9.59 Å². The quantitative estimate of drug-likeness (QED) is 0.148. The smallest absolute Gasteiger partial charge is 0.565 e. The van der Waals surface area contributed by atoms with E-state index in [2.05, 4.69) is 0 Å². The van der Waals surface area contributed by atoms with Crippen LogP contribution in [-0.2, 0) is 14.4 Å². The Balaban J connectivity index is -0.0000000463. The molecule has 0 rings (SSSR count). The molecule has 23 heteroatoms. The van der Waals surface area contributed by atoms with Gasteiger partial charge in [0.15, 0.2) is 5.60 Å². The first kappa shape index (κ1) is 52.6. The minimum atomic E-state index is -2.74. The van der Waals surface area contributed by atoms with Crippen molar-refractivity contribution in [3.63, 3.8) is 0 Å². The van der Waals surface area contributed by atoms with E-state index in [4.69, 9.17) is 95.5 Å². The van der Waals surface area contributed by atoms with Gasteiger partial charge in [0.25, 0.3) is 0 Å². The van der Waals surface area contributed by atoms with Gasteiger partial charge in [0.1, 0.15) is 0 Å². The number of carboxylic acids is 3. The molecule has 0 aliphatic rings. The van der Waals surface area contributed by atoms with Gasteiger partial charge in [-0.2, -0.15) is 0 Å². The molecule has 0 atom stereocenters. The number of hydrogen-bond donors (Lipinski definition) is 9. The van der Waals surface area contributed by atoms with Gasteiger partial charge >= 0.3 is 54.9 Å². The van der Waals surface area contributed by atoms with E-state index < -0.39 is 67.1 Å². The minimum Gasteiger partial charge on any atom is -0.565 e. The van der Waals surface area contributed by atoms with E-state index >= 15 is 0 Å². The van der Waals surface area contributed by atoms with Crippen molar-refractivity contribution in [1.29, 1.82) is 0 Å². The summed E-state index contributed by atoms with van der Waals surface area (Å²) >= 11 is 0. The van der Waals surface area contributed by atoms with Crippen LogP contribution >= 0.6 is 0 Å². The molecule has 0 fully saturated rings. The number of rotatable bonds is 5. The number of carbonyl (C=O) groups is 8. The van der Waals surface area contributed by atoms with Crippen molar-refractivity contribution in [2.45, 2.75) is 18.4 Å². The van der Waals surface area contributed by atoms with Gasteiger partial charge in [-0.05, 0) is 0 Å². The van der Waals surface area contributed by atoms with Crippen molar-refractivity contribution in [3.05, 3.63) is 7.43 Å². The van der Waals surface area contributed by atoms with Crippen LogP contribution in [0.1, 0.15) is 12.8 Å². The molecule has 0 aromatic carbocycles. The van der Waals surface area contributed by atoms with Gasteiger partial charge < -0.3 is 95.5 Å². The summed E-state index contributed by atoms with van der Waals surface area (Å²) in [5.74, 6) is -5.02. The van der Waals surface area contributed by atoms with Crippen LogP contribution in [0, 0.1) is 7.43 Å². The van der Waals surface area contributed by atoms with Crippen LogP contribution in [0.15, 0.2) is 0 Å². The average Bonchev–Trinajstić information content (AvgIpc) is 2.41. The summed E-state index contributed by atoms with van der Waals surface area (Å²) < 4.78 is 0. The molecule has 0 bridgehead atoms. The number of aliphatic hydroxyl groups is 1. The number of carboxylic acid groups (broad SMARTS) is 13. The van der Waals surface area contributed by atoms with Crippen molar-refractivity contribution >= 4 is 48.7 Å². The van der Waals surface area contributed by atoms with Crippen LogP contribution in [0.5, 0.6) is 0 Å². The SMILES string of the molecule is O=C(O)CC(O)(CC(=O)O)C(=O)O.O=C([O-])O.O=C([O-])O.O=C([O-])O.O=C([O-])O.O=C([O-])O.[C+4].[Na+]. The van der Waals surface area contributed by atoms with Crippen molar-refractivity contribution in [2.75, 3.05) is 0 Å². The summed E-state index contributed by atoms with van der Waals surface area (Å²) in [6, 6.07) is 0. The topological polar surface area (TPSA) is 434 Å². The Kier molecular flexibility index (Phi) is 47.9. The molecule has 22 nitrogen and oxygen atoms in total. The fourth-order valence-electron chi connectivity index (χ4n) is 0.714. The Morgan fingerprint density at radius 3 is 0.657 bits per heavy atom. The largest absolute Gasteiger partial charge is 4.00 e. The Morgan fingerprint density at radius 2 is 0.600 bits per heavy atom.